The first kappa shape index (κ1) is 20.9. The number of fused-ring (bicyclic) bond motifs is 2. The number of aryl methyl sites for hydroxylation is 1. The molecule has 3 aromatic rings. The third kappa shape index (κ3) is 4.22. The van der Waals surface area contributed by atoms with E-state index in [-0.39, 0.29) is 11.8 Å². The minimum Gasteiger partial charge on any atom is -0.486 e. The Morgan fingerprint density at radius 2 is 1.58 bits per heavy atom. The van der Waals surface area contributed by atoms with Crippen molar-refractivity contribution in [3.05, 3.63) is 76.9 Å². The molecule has 5 rings (SSSR count). The van der Waals surface area contributed by atoms with Gasteiger partial charge in [-0.15, -0.1) is 0 Å². The zero-order valence-corrected chi connectivity index (χ0v) is 18.6. The van der Waals surface area contributed by atoms with Crippen LogP contribution in [0.5, 0.6) is 11.5 Å². The van der Waals surface area contributed by atoms with Gasteiger partial charge in [-0.05, 0) is 73.0 Å². The number of ether oxygens (including phenoxy) is 2. The van der Waals surface area contributed by atoms with Gasteiger partial charge in [0.2, 0.25) is 0 Å². The third-order valence-corrected chi connectivity index (χ3v) is 6.02. The molecule has 3 aromatic carbocycles. The molecule has 0 radical (unpaired) electrons. The maximum Gasteiger partial charge on any atom is 0.255 e. The lowest BCUT2D eigenvalue weighted by Crippen LogP contribution is -2.17. The first-order valence-electron chi connectivity index (χ1n) is 10.9. The van der Waals surface area contributed by atoms with Crippen LogP contribution >= 0.6 is 0 Å². The first-order chi connectivity index (χ1) is 16.0. The SMILES string of the molecule is Cc1ccc(NC(=O)c2ccc3c(c2)OCCO3)cc1NC(=O)c1ccc2c(c1)CCN2C. The summed E-state index contributed by atoms with van der Waals surface area (Å²) >= 11 is 0. The van der Waals surface area contributed by atoms with Gasteiger partial charge in [-0.2, -0.15) is 0 Å². The summed E-state index contributed by atoms with van der Waals surface area (Å²) in [4.78, 5) is 27.9. The van der Waals surface area contributed by atoms with Crippen molar-refractivity contribution in [3.8, 4) is 11.5 Å². The summed E-state index contributed by atoms with van der Waals surface area (Å²) in [5, 5.41) is 5.88. The number of rotatable bonds is 4. The van der Waals surface area contributed by atoms with E-state index in [1.54, 1.807) is 24.3 Å². The zero-order valence-electron chi connectivity index (χ0n) is 18.6. The van der Waals surface area contributed by atoms with E-state index in [0.29, 0.717) is 47.2 Å². The van der Waals surface area contributed by atoms with Crippen LogP contribution in [0.25, 0.3) is 0 Å². The summed E-state index contributed by atoms with van der Waals surface area (Å²) in [5.74, 6) is 0.754. The Morgan fingerprint density at radius 1 is 0.848 bits per heavy atom. The number of hydrogen-bond acceptors (Lipinski definition) is 5. The van der Waals surface area contributed by atoms with Crippen molar-refractivity contribution < 1.29 is 19.1 Å². The molecule has 2 heterocycles. The fourth-order valence-electron chi connectivity index (χ4n) is 4.12. The number of likely N-dealkylation sites (N-methyl/N-ethyl adjacent to an activating group) is 1. The first-order valence-corrected chi connectivity index (χ1v) is 10.9. The molecule has 0 bridgehead atoms. The molecule has 0 atom stereocenters. The smallest absolute Gasteiger partial charge is 0.255 e. The van der Waals surface area contributed by atoms with Gasteiger partial charge >= 0.3 is 0 Å². The summed E-state index contributed by atoms with van der Waals surface area (Å²) in [5.41, 5.74) is 5.59. The van der Waals surface area contributed by atoms with E-state index in [1.807, 2.05) is 37.3 Å². The van der Waals surface area contributed by atoms with E-state index in [2.05, 4.69) is 22.6 Å². The number of benzene rings is 3. The van der Waals surface area contributed by atoms with Crippen LogP contribution in [0.4, 0.5) is 17.1 Å². The molecule has 7 nitrogen and oxygen atoms in total. The quantitative estimate of drug-likeness (QED) is 0.630. The van der Waals surface area contributed by atoms with Crippen LogP contribution in [0.3, 0.4) is 0 Å². The lowest BCUT2D eigenvalue weighted by atomic mass is 10.1. The van der Waals surface area contributed by atoms with Gasteiger partial charge in [-0.1, -0.05) is 6.07 Å². The van der Waals surface area contributed by atoms with Crippen molar-refractivity contribution in [1.82, 2.24) is 0 Å². The number of hydrogen-bond donors (Lipinski definition) is 2. The topological polar surface area (TPSA) is 79.9 Å². The van der Waals surface area contributed by atoms with Crippen LogP contribution in [0.15, 0.2) is 54.6 Å². The number of amides is 2. The molecular formula is C26H25N3O4. The van der Waals surface area contributed by atoms with E-state index in [9.17, 15) is 9.59 Å². The van der Waals surface area contributed by atoms with Crippen LogP contribution < -0.4 is 25.0 Å². The third-order valence-electron chi connectivity index (χ3n) is 6.02. The van der Waals surface area contributed by atoms with Crippen LogP contribution in [-0.2, 0) is 6.42 Å². The van der Waals surface area contributed by atoms with Crippen molar-refractivity contribution in [2.24, 2.45) is 0 Å². The Balaban J connectivity index is 1.31. The largest absolute Gasteiger partial charge is 0.486 e. The van der Waals surface area contributed by atoms with Crippen molar-refractivity contribution in [1.29, 1.82) is 0 Å². The molecule has 7 heteroatoms. The Hall–Kier alpha value is -4.00. The maximum absolute atomic E-state index is 12.9. The van der Waals surface area contributed by atoms with Gasteiger partial charge in [0.25, 0.3) is 11.8 Å². The lowest BCUT2D eigenvalue weighted by molar-refractivity contribution is 0.101. The second-order valence-electron chi connectivity index (χ2n) is 8.31. The number of anilines is 3. The summed E-state index contributed by atoms with van der Waals surface area (Å²) in [6.45, 7) is 3.84. The van der Waals surface area contributed by atoms with E-state index in [0.717, 1.165) is 18.5 Å². The van der Waals surface area contributed by atoms with E-state index < -0.39 is 0 Å². The van der Waals surface area contributed by atoms with Crippen molar-refractivity contribution in [2.75, 3.05) is 42.3 Å². The minimum atomic E-state index is -0.268. The maximum atomic E-state index is 12.9. The highest BCUT2D eigenvalue weighted by molar-refractivity contribution is 6.07. The highest BCUT2D eigenvalue weighted by atomic mass is 16.6. The Bertz CT molecular complexity index is 1250. The average molecular weight is 444 g/mol. The number of nitrogens with zero attached hydrogens (tertiary/aromatic N) is 1. The van der Waals surface area contributed by atoms with Gasteiger partial charge in [0.1, 0.15) is 13.2 Å². The van der Waals surface area contributed by atoms with Crippen molar-refractivity contribution in [2.45, 2.75) is 13.3 Å². The molecule has 0 unspecified atom stereocenters. The van der Waals surface area contributed by atoms with Crippen molar-refractivity contribution in [3.63, 3.8) is 0 Å². The highest BCUT2D eigenvalue weighted by Gasteiger charge is 2.19. The number of carbonyl (C=O) groups excluding carboxylic acids is 2. The molecule has 33 heavy (non-hydrogen) atoms. The molecule has 0 fully saturated rings. The van der Waals surface area contributed by atoms with Gasteiger partial charge in [-0.3, -0.25) is 9.59 Å². The number of carbonyl (C=O) groups is 2. The average Bonchev–Trinajstić information content (AvgIpc) is 3.20. The van der Waals surface area contributed by atoms with E-state index >= 15 is 0 Å². The Morgan fingerprint density at radius 3 is 2.42 bits per heavy atom. The normalized spacial score (nSPS) is 13.9. The predicted molar refractivity (Wildman–Crippen MR) is 128 cm³/mol. The minimum absolute atomic E-state index is 0.175. The molecule has 2 aliphatic rings. The molecule has 0 aliphatic carbocycles. The van der Waals surface area contributed by atoms with Gasteiger partial charge in [0.15, 0.2) is 11.5 Å². The Kier molecular flexibility index (Phi) is 5.38. The fourth-order valence-corrected chi connectivity index (χ4v) is 4.12. The molecule has 2 amide bonds. The van der Waals surface area contributed by atoms with Gasteiger partial charge in [0, 0.05) is 41.8 Å². The molecule has 0 saturated heterocycles. The van der Waals surface area contributed by atoms with E-state index in [4.69, 9.17) is 9.47 Å². The molecule has 0 spiro atoms. The molecule has 2 aliphatic heterocycles. The lowest BCUT2D eigenvalue weighted by Gasteiger charge is -2.18. The standard InChI is InChI=1S/C26H25N3O4/c1-16-3-6-20(27-25(30)19-5-8-23-24(14-19)33-12-11-32-23)15-21(16)28-26(31)18-4-7-22-17(13-18)9-10-29(22)2/h3-8,13-15H,9-12H2,1-2H3,(H,27,30)(H,28,31). The van der Waals surface area contributed by atoms with E-state index in [1.165, 1.54) is 11.3 Å². The van der Waals surface area contributed by atoms with Crippen LogP contribution in [-0.4, -0.2) is 38.6 Å². The summed E-state index contributed by atoms with van der Waals surface area (Å²) < 4.78 is 11.1. The molecule has 0 saturated carbocycles. The zero-order chi connectivity index (χ0) is 22.9. The monoisotopic (exact) mass is 443 g/mol. The summed E-state index contributed by atoms with van der Waals surface area (Å²) in [6.07, 6.45) is 0.938. The molecule has 2 N–H and O–H groups in total. The fraction of sp³-hybridized carbons (Fsp3) is 0.231. The highest BCUT2D eigenvalue weighted by Crippen LogP contribution is 2.31. The second-order valence-corrected chi connectivity index (χ2v) is 8.31. The molecule has 0 aromatic heterocycles. The van der Waals surface area contributed by atoms with Crippen LogP contribution in [0.2, 0.25) is 0 Å². The van der Waals surface area contributed by atoms with Gasteiger partial charge < -0.3 is 25.0 Å². The number of nitrogens with one attached hydrogen (secondary N) is 2. The van der Waals surface area contributed by atoms with Gasteiger partial charge in [-0.25, -0.2) is 0 Å². The van der Waals surface area contributed by atoms with Crippen LogP contribution in [0, 0.1) is 6.92 Å². The van der Waals surface area contributed by atoms with Crippen LogP contribution in [0.1, 0.15) is 31.8 Å². The second kappa shape index (κ2) is 8.50. The van der Waals surface area contributed by atoms with Crippen molar-refractivity contribution >= 4 is 28.9 Å². The van der Waals surface area contributed by atoms with Gasteiger partial charge in [0.05, 0.1) is 0 Å². The summed E-state index contributed by atoms with van der Waals surface area (Å²) in [6, 6.07) is 16.3. The molecule has 168 valence electrons. The Labute approximate surface area is 192 Å². The summed E-state index contributed by atoms with van der Waals surface area (Å²) in [7, 11) is 2.06. The molecular weight excluding hydrogens is 418 g/mol. The predicted octanol–water partition coefficient (Wildman–Crippen LogP) is 4.26.